The molecule has 1 aromatic carbocycles. The van der Waals surface area contributed by atoms with E-state index < -0.39 is 45.4 Å². The molecule has 0 saturated heterocycles. The highest BCUT2D eigenvalue weighted by Crippen LogP contribution is 2.34. The van der Waals surface area contributed by atoms with Crippen molar-refractivity contribution >= 4 is 58.8 Å². The van der Waals surface area contributed by atoms with Crippen LogP contribution in [0.5, 0.6) is 0 Å². The van der Waals surface area contributed by atoms with Gasteiger partial charge in [0, 0.05) is 24.0 Å². The maximum atomic E-state index is 12.4. The maximum absolute atomic E-state index is 12.4. The predicted octanol–water partition coefficient (Wildman–Crippen LogP) is 3.81. The number of carbonyl (C=O) groups is 3. The molecule has 1 aromatic rings. The van der Waals surface area contributed by atoms with Crippen LogP contribution in [0, 0.1) is 10.1 Å². The van der Waals surface area contributed by atoms with Crippen LogP contribution in [0.15, 0.2) is 34.5 Å². The fraction of sp³-hybridized carbons (Fsp3) is 0.300. The van der Waals surface area contributed by atoms with Crippen molar-refractivity contribution in [3.63, 3.8) is 0 Å². The summed E-state index contributed by atoms with van der Waals surface area (Å²) >= 11 is 11.8. The second-order valence-electron chi connectivity index (χ2n) is 5.79. The van der Waals surface area contributed by atoms with Crippen molar-refractivity contribution in [2.75, 3.05) is 19.8 Å². The number of esters is 3. The van der Waals surface area contributed by atoms with Gasteiger partial charge in [0.2, 0.25) is 0 Å². The minimum atomic E-state index is -1.06. The molecule has 1 N–H and O–H groups in total. The van der Waals surface area contributed by atoms with E-state index in [2.05, 4.69) is 4.99 Å². The van der Waals surface area contributed by atoms with Crippen molar-refractivity contribution in [2.45, 2.75) is 20.8 Å². The van der Waals surface area contributed by atoms with E-state index in [9.17, 15) is 29.6 Å². The number of benzene rings is 1. The summed E-state index contributed by atoms with van der Waals surface area (Å²) < 4.78 is 14.4. The molecule has 0 spiro atoms. The zero-order valence-electron chi connectivity index (χ0n) is 17.8. The van der Waals surface area contributed by atoms with Gasteiger partial charge in [0.25, 0.3) is 5.69 Å². The van der Waals surface area contributed by atoms with Crippen molar-refractivity contribution < 1.29 is 38.6 Å². The van der Waals surface area contributed by atoms with E-state index in [0.717, 1.165) is 24.5 Å². The zero-order chi connectivity index (χ0) is 25.1. The van der Waals surface area contributed by atoms with Gasteiger partial charge in [-0.1, -0.05) is 23.2 Å². The molecule has 13 heteroatoms. The quantitative estimate of drug-likeness (QED) is 0.0577. The molecule has 0 aliphatic heterocycles. The Morgan fingerprint density at radius 1 is 1.00 bits per heavy atom. The Labute approximate surface area is 198 Å². The van der Waals surface area contributed by atoms with Gasteiger partial charge >= 0.3 is 17.9 Å². The Hall–Kier alpha value is -3.44. The third-order valence-corrected chi connectivity index (χ3v) is 4.25. The molecule has 1 rings (SSSR count). The number of aliphatic imine (C=N–C) groups is 1. The monoisotopic (exact) mass is 502 g/mol. The van der Waals surface area contributed by atoms with Gasteiger partial charge in [0.1, 0.15) is 16.4 Å². The Bertz CT molecular complexity index is 1010. The van der Waals surface area contributed by atoms with Crippen LogP contribution in [0.25, 0.3) is 5.76 Å². The molecule has 0 aromatic heterocycles. The van der Waals surface area contributed by atoms with E-state index in [1.165, 1.54) is 20.8 Å². The number of nitro groups is 1. The van der Waals surface area contributed by atoms with Crippen LogP contribution in [-0.4, -0.2) is 54.0 Å². The Morgan fingerprint density at radius 3 is 2.00 bits per heavy atom. The third-order valence-electron chi connectivity index (χ3n) is 3.64. The topological polar surface area (TPSA) is 155 Å². The van der Waals surface area contributed by atoms with E-state index in [1.807, 2.05) is 0 Å². The summed E-state index contributed by atoms with van der Waals surface area (Å²) in [6.45, 7) is 4.43. The molecule has 33 heavy (non-hydrogen) atoms. The minimum absolute atomic E-state index is 0.0259. The highest BCUT2D eigenvalue weighted by molar-refractivity contribution is 6.37. The number of nitrogens with zero attached hydrogens (tertiary/aromatic N) is 2. The molecule has 11 nitrogen and oxygen atoms in total. The number of hydrogen-bond acceptors (Lipinski definition) is 10. The minimum Gasteiger partial charge on any atom is -0.506 e. The average Bonchev–Trinajstić information content (AvgIpc) is 2.73. The van der Waals surface area contributed by atoms with Crippen molar-refractivity contribution in [1.82, 2.24) is 0 Å². The largest absolute Gasteiger partial charge is 0.506 e. The van der Waals surface area contributed by atoms with Gasteiger partial charge in [-0.3, -0.25) is 15.1 Å². The fourth-order valence-electron chi connectivity index (χ4n) is 2.22. The second-order valence-corrected chi connectivity index (χ2v) is 6.60. The molecule has 0 atom stereocenters. The summed E-state index contributed by atoms with van der Waals surface area (Å²) in [5, 5.41) is 21.3. The molecule has 0 fully saturated rings. The molecule has 0 amide bonds. The molecule has 0 radical (unpaired) electrons. The van der Waals surface area contributed by atoms with Crippen LogP contribution < -0.4 is 0 Å². The van der Waals surface area contributed by atoms with Crippen LogP contribution in [0.3, 0.4) is 0 Å². The zero-order valence-corrected chi connectivity index (χ0v) is 19.3. The Morgan fingerprint density at radius 2 is 1.52 bits per heavy atom. The van der Waals surface area contributed by atoms with Gasteiger partial charge in [-0.15, -0.1) is 0 Å². The first-order chi connectivity index (χ1) is 15.6. The molecular formula is C20H20Cl2N2O9. The first-order valence-electron chi connectivity index (χ1n) is 9.40. The molecular weight excluding hydrogens is 483 g/mol. The van der Waals surface area contributed by atoms with Crippen molar-refractivity contribution in [2.24, 2.45) is 4.99 Å². The van der Waals surface area contributed by atoms with Crippen molar-refractivity contribution in [3.05, 3.63) is 55.2 Å². The SMILES string of the molecule is CCOC(=O)C(=CN=C/C(C(=O)OCC)=C(\O)c1cc([N+](=O)[O-])c(Cl)cc1Cl)C(=O)OCC. The fourth-order valence-corrected chi connectivity index (χ4v) is 2.76. The number of nitro benzene ring substituents is 1. The second kappa shape index (κ2) is 13.2. The van der Waals surface area contributed by atoms with Gasteiger partial charge < -0.3 is 19.3 Å². The van der Waals surface area contributed by atoms with Gasteiger partial charge in [0.15, 0.2) is 5.57 Å². The van der Waals surface area contributed by atoms with Gasteiger partial charge in [-0.2, -0.15) is 0 Å². The number of hydrogen-bond donors (Lipinski definition) is 1. The maximum Gasteiger partial charge on any atom is 0.347 e. The van der Waals surface area contributed by atoms with Crippen LogP contribution in [-0.2, 0) is 28.6 Å². The normalized spacial score (nSPS) is 11.4. The van der Waals surface area contributed by atoms with E-state index >= 15 is 0 Å². The van der Waals surface area contributed by atoms with E-state index in [4.69, 9.17) is 37.4 Å². The highest BCUT2D eigenvalue weighted by Gasteiger charge is 2.24. The lowest BCUT2D eigenvalue weighted by atomic mass is 10.1. The predicted molar refractivity (Wildman–Crippen MR) is 119 cm³/mol. The summed E-state index contributed by atoms with van der Waals surface area (Å²) in [6.07, 6.45) is 1.55. The van der Waals surface area contributed by atoms with E-state index in [1.54, 1.807) is 0 Å². The summed E-state index contributed by atoms with van der Waals surface area (Å²) in [5.74, 6) is -3.91. The molecule has 178 valence electrons. The van der Waals surface area contributed by atoms with Crippen molar-refractivity contribution in [3.8, 4) is 0 Å². The summed E-state index contributed by atoms with van der Waals surface area (Å²) in [4.78, 5) is 50.4. The third kappa shape index (κ3) is 7.58. The van der Waals surface area contributed by atoms with Crippen LogP contribution in [0.2, 0.25) is 10.0 Å². The first kappa shape index (κ1) is 27.6. The summed E-state index contributed by atoms with van der Waals surface area (Å²) in [7, 11) is 0. The molecule has 0 heterocycles. The molecule has 0 aliphatic carbocycles. The lowest BCUT2D eigenvalue weighted by molar-refractivity contribution is -0.384. The van der Waals surface area contributed by atoms with Gasteiger partial charge in [0.05, 0.1) is 29.8 Å². The smallest absolute Gasteiger partial charge is 0.347 e. The average molecular weight is 503 g/mol. The summed E-state index contributed by atoms with van der Waals surface area (Å²) in [6, 6.07) is 1.89. The molecule has 0 saturated carbocycles. The molecule has 0 bridgehead atoms. The molecule has 0 aliphatic rings. The first-order valence-corrected chi connectivity index (χ1v) is 10.2. The number of halogens is 2. The number of carbonyl (C=O) groups excluding carboxylic acids is 3. The summed E-state index contributed by atoms with van der Waals surface area (Å²) in [5.41, 5.74) is -2.02. The van der Waals surface area contributed by atoms with E-state index in [-0.39, 0.29) is 35.4 Å². The lowest BCUT2D eigenvalue weighted by Crippen LogP contribution is -2.18. The Balaban J connectivity index is 3.61. The van der Waals surface area contributed by atoms with Gasteiger partial charge in [-0.25, -0.2) is 14.4 Å². The molecule has 0 unspecified atom stereocenters. The number of rotatable bonds is 10. The Kier molecular flexibility index (Phi) is 11.0. The standard InChI is InChI=1S/C20H20Cl2N2O9/c1-4-31-18(26)12(9-23-10-13(19(27)32-5-2)20(28)33-6-3)17(25)11-7-16(24(29)30)15(22)8-14(11)21/h7-10,25H,4-6H2,1-3H3/b17-12+,23-9?. The highest BCUT2D eigenvalue weighted by atomic mass is 35.5. The van der Waals surface area contributed by atoms with Gasteiger partial charge in [-0.05, 0) is 26.8 Å². The van der Waals surface area contributed by atoms with E-state index in [0.29, 0.717) is 0 Å². The number of aliphatic hydroxyl groups excluding tert-OH is 1. The number of ether oxygens (including phenoxy) is 3. The van der Waals surface area contributed by atoms with Crippen LogP contribution in [0.4, 0.5) is 5.69 Å². The van der Waals surface area contributed by atoms with Crippen LogP contribution >= 0.6 is 23.2 Å². The lowest BCUT2D eigenvalue weighted by Gasteiger charge is -2.09. The van der Waals surface area contributed by atoms with Crippen molar-refractivity contribution in [1.29, 1.82) is 0 Å². The van der Waals surface area contributed by atoms with Crippen LogP contribution in [0.1, 0.15) is 26.3 Å². The number of aliphatic hydroxyl groups is 1.